The van der Waals surface area contributed by atoms with E-state index in [2.05, 4.69) is 29.5 Å². The van der Waals surface area contributed by atoms with Crippen LogP contribution in [0.25, 0.3) is 0 Å². The maximum atomic E-state index is 12.0. The van der Waals surface area contributed by atoms with Crippen LogP contribution in [0.2, 0.25) is 0 Å². The van der Waals surface area contributed by atoms with Crippen LogP contribution in [-0.4, -0.2) is 47.3 Å². The first-order valence-corrected chi connectivity index (χ1v) is 8.56. The molecule has 0 unspecified atom stereocenters. The van der Waals surface area contributed by atoms with Crippen molar-refractivity contribution in [2.75, 3.05) is 26.2 Å². The van der Waals surface area contributed by atoms with E-state index in [0.717, 1.165) is 43.1 Å². The Morgan fingerprint density at radius 3 is 2.81 bits per heavy atom. The van der Waals surface area contributed by atoms with Gasteiger partial charge in [0.15, 0.2) is 0 Å². The molecule has 1 aromatic rings. The van der Waals surface area contributed by atoms with Gasteiger partial charge in [0.25, 0.3) is 0 Å². The number of aromatic nitrogens is 1. The molecule has 2 N–H and O–H groups in total. The molecule has 118 valence electrons. The lowest BCUT2D eigenvalue weighted by molar-refractivity contribution is 0.137. The second kappa shape index (κ2) is 7.75. The van der Waals surface area contributed by atoms with Crippen molar-refractivity contribution in [1.82, 2.24) is 15.2 Å². The second-order valence-corrected chi connectivity index (χ2v) is 6.82. The van der Waals surface area contributed by atoms with E-state index in [1.165, 1.54) is 0 Å². The summed E-state index contributed by atoms with van der Waals surface area (Å²) in [4.78, 5) is 18.4. The first-order valence-electron chi connectivity index (χ1n) is 7.68. The SMILES string of the molecule is CC(C)c1nc(CCNC(=O)N2CCC(CO)CC2)cs1. The van der Waals surface area contributed by atoms with Crippen molar-refractivity contribution in [3.05, 3.63) is 16.1 Å². The Hall–Kier alpha value is -1.14. The van der Waals surface area contributed by atoms with Crippen LogP contribution in [0.4, 0.5) is 4.79 Å². The topological polar surface area (TPSA) is 65.5 Å². The van der Waals surface area contributed by atoms with Crippen LogP contribution in [0.1, 0.15) is 43.3 Å². The van der Waals surface area contributed by atoms with E-state index in [1.54, 1.807) is 11.3 Å². The van der Waals surface area contributed by atoms with Crippen LogP contribution in [0.5, 0.6) is 0 Å². The number of hydrogen-bond acceptors (Lipinski definition) is 4. The third-order valence-electron chi connectivity index (χ3n) is 3.88. The second-order valence-electron chi connectivity index (χ2n) is 5.93. The maximum absolute atomic E-state index is 12.0. The van der Waals surface area contributed by atoms with E-state index >= 15 is 0 Å². The van der Waals surface area contributed by atoms with Gasteiger partial charge in [0.05, 0.1) is 10.7 Å². The molecule has 1 saturated heterocycles. The highest BCUT2D eigenvalue weighted by atomic mass is 32.1. The molecule has 21 heavy (non-hydrogen) atoms. The number of nitrogens with zero attached hydrogens (tertiary/aromatic N) is 2. The van der Waals surface area contributed by atoms with Crippen LogP contribution >= 0.6 is 11.3 Å². The fraction of sp³-hybridized carbons (Fsp3) is 0.733. The summed E-state index contributed by atoms with van der Waals surface area (Å²) >= 11 is 1.69. The molecule has 0 bridgehead atoms. The number of amides is 2. The zero-order valence-electron chi connectivity index (χ0n) is 12.8. The molecule has 1 aliphatic rings. The highest BCUT2D eigenvalue weighted by molar-refractivity contribution is 7.09. The molecule has 0 aromatic carbocycles. The van der Waals surface area contributed by atoms with E-state index < -0.39 is 0 Å². The maximum Gasteiger partial charge on any atom is 0.317 e. The molecule has 6 heteroatoms. The molecule has 1 aromatic heterocycles. The Kier molecular flexibility index (Phi) is 5.99. The third kappa shape index (κ3) is 4.68. The van der Waals surface area contributed by atoms with Crippen molar-refractivity contribution in [1.29, 1.82) is 0 Å². The van der Waals surface area contributed by atoms with E-state index in [0.29, 0.717) is 18.4 Å². The van der Waals surface area contributed by atoms with Gasteiger partial charge in [0, 0.05) is 44.0 Å². The summed E-state index contributed by atoms with van der Waals surface area (Å²) in [7, 11) is 0. The minimum atomic E-state index is 0.00528. The summed E-state index contributed by atoms with van der Waals surface area (Å²) in [6, 6.07) is 0.00528. The number of thiazole rings is 1. The number of carbonyl (C=O) groups is 1. The quantitative estimate of drug-likeness (QED) is 0.876. The van der Waals surface area contributed by atoms with Gasteiger partial charge in [-0.05, 0) is 18.8 Å². The summed E-state index contributed by atoms with van der Waals surface area (Å²) in [6.07, 6.45) is 2.57. The van der Waals surface area contributed by atoms with Gasteiger partial charge in [0.1, 0.15) is 0 Å². The molecule has 0 atom stereocenters. The van der Waals surface area contributed by atoms with Crippen LogP contribution < -0.4 is 5.32 Å². The number of aliphatic hydroxyl groups is 1. The standard InChI is InChI=1S/C15H25N3O2S/c1-11(2)14-17-13(10-21-14)3-6-16-15(20)18-7-4-12(9-19)5-8-18/h10-12,19H,3-9H2,1-2H3,(H,16,20). The van der Waals surface area contributed by atoms with Gasteiger partial charge in [-0.2, -0.15) is 0 Å². The molecule has 0 saturated carbocycles. The number of nitrogens with one attached hydrogen (secondary N) is 1. The summed E-state index contributed by atoms with van der Waals surface area (Å²) in [5.41, 5.74) is 1.06. The lowest BCUT2D eigenvalue weighted by Crippen LogP contribution is -2.45. The lowest BCUT2D eigenvalue weighted by Gasteiger charge is -2.31. The molecule has 2 amide bonds. The lowest BCUT2D eigenvalue weighted by atomic mass is 9.98. The third-order valence-corrected chi connectivity index (χ3v) is 5.07. The van der Waals surface area contributed by atoms with Crippen molar-refractivity contribution in [3.63, 3.8) is 0 Å². The number of carbonyl (C=O) groups excluding carboxylic acids is 1. The highest BCUT2D eigenvalue weighted by Gasteiger charge is 2.21. The Labute approximate surface area is 130 Å². The van der Waals surface area contributed by atoms with Gasteiger partial charge in [-0.3, -0.25) is 0 Å². The molecular formula is C15H25N3O2S. The molecular weight excluding hydrogens is 286 g/mol. The van der Waals surface area contributed by atoms with Gasteiger partial charge in [-0.1, -0.05) is 13.8 Å². The van der Waals surface area contributed by atoms with Crippen LogP contribution in [-0.2, 0) is 6.42 Å². The number of aliphatic hydroxyl groups excluding tert-OH is 1. The molecule has 2 rings (SSSR count). The molecule has 0 radical (unpaired) electrons. The minimum Gasteiger partial charge on any atom is -0.396 e. The van der Waals surface area contributed by atoms with Crippen LogP contribution in [0.15, 0.2) is 5.38 Å². The van der Waals surface area contributed by atoms with Gasteiger partial charge in [-0.15, -0.1) is 11.3 Å². The Balaban J connectivity index is 1.69. The molecule has 1 aliphatic heterocycles. The number of urea groups is 1. The smallest absolute Gasteiger partial charge is 0.317 e. The van der Waals surface area contributed by atoms with Gasteiger partial charge < -0.3 is 15.3 Å². The Bertz CT molecular complexity index is 454. The Morgan fingerprint density at radius 1 is 1.52 bits per heavy atom. The van der Waals surface area contributed by atoms with Gasteiger partial charge in [-0.25, -0.2) is 9.78 Å². The van der Waals surface area contributed by atoms with Crippen molar-refractivity contribution in [2.45, 2.75) is 39.0 Å². The average Bonchev–Trinajstić information content (AvgIpc) is 2.96. The monoisotopic (exact) mass is 311 g/mol. The summed E-state index contributed by atoms with van der Waals surface area (Å²) in [5, 5.41) is 15.3. The van der Waals surface area contributed by atoms with Crippen molar-refractivity contribution >= 4 is 17.4 Å². The molecule has 1 fully saturated rings. The summed E-state index contributed by atoms with van der Waals surface area (Å²) in [6.45, 7) is 6.62. The van der Waals surface area contributed by atoms with E-state index in [1.807, 2.05) is 4.90 Å². The highest BCUT2D eigenvalue weighted by Crippen LogP contribution is 2.19. The van der Waals surface area contributed by atoms with Crippen molar-refractivity contribution in [2.24, 2.45) is 5.92 Å². The zero-order valence-corrected chi connectivity index (χ0v) is 13.7. The van der Waals surface area contributed by atoms with Gasteiger partial charge in [0.2, 0.25) is 0 Å². The van der Waals surface area contributed by atoms with Crippen LogP contribution in [0, 0.1) is 5.92 Å². The number of likely N-dealkylation sites (tertiary alicyclic amines) is 1. The zero-order chi connectivity index (χ0) is 15.2. The average molecular weight is 311 g/mol. The number of piperidine rings is 1. The first kappa shape index (κ1) is 16.2. The predicted octanol–water partition coefficient (Wildman–Crippen LogP) is 2.22. The fourth-order valence-corrected chi connectivity index (χ4v) is 3.30. The summed E-state index contributed by atoms with van der Waals surface area (Å²) < 4.78 is 0. The molecule has 0 aliphatic carbocycles. The first-order chi connectivity index (χ1) is 10.1. The number of rotatable bonds is 5. The van der Waals surface area contributed by atoms with E-state index in [-0.39, 0.29) is 12.6 Å². The molecule has 0 spiro atoms. The molecule has 2 heterocycles. The normalized spacial score (nSPS) is 16.5. The van der Waals surface area contributed by atoms with Crippen molar-refractivity contribution < 1.29 is 9.90 Å². The fourth-order valence-electron chi connectivity index (χ4n) is 2.43. The number of hydrogen-bond donors (Lipinski definition) is 2. The molecule has 5 nitrogen and oxygen atoms in total. The van der Waals surface area contributed by atoms with Crippen molar-refractivity contribution in [3.8, 4) is 0 Å². The van der Waals surface area contributed by atoms with E-state index in [9.17, 15) is 4.79 Å². The van der Waals surface area contributed by atoms with Gasteiger partial charge >= 0.3 is 6.03 Å². The Morgan fingerprint density at radius 2 is 2.24 bits per heavy atom. The predicted molar refractivity (Wildman–Crippen MR) is 84.7 cm³/mol. The summed E-state index contributed by atoms with van der Waals surface area (Å²) in [5.74, 6) is 0.824. The van der Waals surface area contributed by atoms with Crippen LogP contribution in [0.3, 0.4) is 0 Å². The largest absolute Gasteiger partial charge is 0.396 e. The van der Waals surface area contributed by atoms with E-state index in [4.69, 9.17) is 5.11 Å². The minimum absolute atomic E-state index is 0.00528.